The molecule has 9 heteroatoms. The van der Waals surface area contributed by atoms with Gasteiger partial charge >= 0.3 is 0 Å². The maximum absolute atomic E-state index is 7.24. The molecular formula is C20H21N7OS. The van der Waals surface area contributed by atoms with Crippen molar-refractivity contribution in [3.63, 3.8) is 0 Å². The van der Waals surface area contributed by atoms with Crippen molar-refractivity contribution in [3.8, 4) is 22.9 Å². The minimum absolute atomic E-state index is 0.0856. The number of H-pyrrole nitrogens is 1. The molecule has 148 valence electrons. The molecule has 0 aliphatic heterocycles. The third kappa shape index (κ3) is 5.23. The fourth-order valence-electron chi connectivity index (χ4n) is 2.41. The molecule has 0 atom stereocenters. The van der Waals surface area contributed by atoms with Gasteiger partial charge in [0.05, 0.1) is 11.3 Å². The van der Waals surface area contributed by atoms with Crippen LogP contribution in [0.15, 0.2) is 70.5 Å². The van der Waals surface area contributed by atoms with E-state index in [1.165, 1.54) is 18.0 Å². The smallest absolute Gasteiger partial charge is 0.209 e. The zero-order valence-electron chi connectivity index (χ0n) is 15.8. The van der Waals surface area contributed by atoms with Gasteiger partial charge in [0.25, 0.3) is 0 Å². The second-order valence-electron chi connectivity index (χ2n) is 5.88. The molecule has 0 fully saturated rings. The Hall–Kier alpha value is -3.59. The Labute approximate surface area is 171 Å². The van der Waals surface area contributed by atoms with Crippen LogP contribution in [0.1, 0.15) is 6.92 Å². The predicted molar refractivity (Wildman–Crippen MR) is 116 cm³/mol. The lowest BCUT2D eigenvalue weighted by molar-refractivity contribution is 0.592. The first-order valence-corrected chi connectivity index (χ1v) is 9.75. The third-order valence-corrected chi connectivity index (χ3v) is 4.64. The van der Waals surface area contributed by atoms with Gasteiger partial charge in [-0.15, -0.1) is 5.10 Å². The Bertz CT molecular complexity index is 1130. The minimum Gasteiger partial charge on any atom is -0.453 e. The van der Waals surface area contributed by atoms with E-state index in [1.54, 1.807) is 12.3 Å². The Morgan fingerprint density at radius 1 is 1.24 bits per heavy atom. The Kier molecular flexibility index (Phi) is 6.64. The van der Waals surface area contributed by atoms with Crippen LogP contribution in [0.2, 0.25) is 0 Å². The fraction of sp³-hybridized carbons (Fsp3) is 0.100. The number of allylic oxidation sites excluding steroid dienone is 1. The van der Waals surface area contributed by atoms with Crippen LogP contribution in [0.5, 0.6) is 0 Å². The molecule has 3 aromatic heterocycles. The quantitative estimate of drug-likeness (QED) is 0.224. The largest absolute Gasteiger partial charge is 0.453 e. The highest BCUT2D eigenvalue weighted by Gasteiger charge is 2.12. The number of amidine groups is 1. The molecular weight excluding hydrogens is 386 g/mol. The number of thioether (sulfide) groups is 1. The van der Waals surface area contributed by atoms with Crippen molar-refractivity contribution in [1.29, 1.82) is 5.41 Å². The van der Waals surface area contributed by atoms with Gasteiger partial charge in [0.15, 0.2) is 11.6 Å². The number of furan rings is 1. The van der Waals surface area contributed by atoms with Crippen LogP contribution in [-0.4, -0.2) is 31.8 Å². The zero-order chi connectivity index (χ0) is 20.6. The molecule has 0 aliphatic carbocycles. The maximum atomic E-state index is 7.24. The number of nitrogens with zero attached hydrogens (tertiary/aromatic N) is 3. The molecule has 3 heterocycles. The second-order valence-corrected chi connectivity index (χ2v) is 6.82. The Balaban J connectivity index is 0.000000552. The fourth-order valence-corrected chi connectivity index (χ4v) is 2.96. The molecule has 0 unspecified atom stereocenters. The highest BCUT2D eigenvalue weighted by molar-refractivity contribution is 7.99. The molecule has 1 aromatic carbocycles. The van der Waals surface area contributed by atoms with Gasteiger partial charge in [-0.1, -0.05) is 23.9 Å². The van der Waals surface area contributed by atoms with Crippen molar-refractivity contribution in [3.05, 3.63) is 60.9 Å². The van der Waals surface area contributed by atoms with Gasteiger partial charge in [0, 0.05) is 17.1 Å². The van der Waals surface area contributed by atoms with E-state index in [0.717, 1.165) is 22.2 Å². The van der Waals surface area contributed by atoms with Crippen molar-refractivity contribution in [2.24, 2.45) is 11.5 Å². The van der Waals surface area contributed by atoms with Gasteiger partial charge in [-0.3, -0.25) is 15.5 Å². The van der Waals surface area contributed by atoms with Crippen LogP contribution in [0.25, 0.3) is 33.8 Å². The lowest BCUT2D eigenvalue weighted by atomic mass is 10.1. The number of pyridine rings is 1. The van der Waals surface area contributed by atoms with Gasteiger partial charge in [-0.25, -0.2) is 0 Å². The van der Waals surface area contributed by atoms with Crippen molar-refractivity contribution in [2.45, 2.75) is 12.1 Å². The topological polar surface area (TPSA) is 143 Å². The summed E-state index contributed by atoms with van der Waals surface area (Å²) < 4.78 is 5.91. The summed E-state index contributed by atoms with van der Waals surface area (Å²) >= 11 is 1.30. The van der Waals surface area contributed by atoms with E-state index in [-0.39, 0.29) is 5.84 Å². The van der Waals surface area contributed by atoms with E-state index >= 15 is 0 Å². The van der Waals surface area contributed by atoms with E-state index in [0.29, 0.717) is 22.5 Å². The minimum atomic E-state index is 0.0856. The van der Waals surface area contributed by atoms with Gasteiger partial charge in [-0.2, -0.15) is 4.98 Å². The monoisotopic (exact) mass is 407 g/mol. The number of fused-ring (bicyclic) bond motifs is 1. The summed E-state index contributed by atoms with van der Waals surface area (Å²) in [7, 11) is 0. The molecule has 29 heavy (non-hydrogen) atoms. The maximum Gasteiger partial charge on any atom is 0.209 e. The van der Waals surface area contributed by atoms with Gasteiger partial charge in [0.2, 0.25) is 5.16 Å². The number of nitrogens with one attached hydrogen (secondary N) is 2. The second kappa shape index (κ2) is 9.56. The number of aromatic amines is 1. The molecule has 0 saturated heterocycles. The van der Waals surface area contributed by atoms with Crippen molar-refractivity contribution < 1.29 is 4.42 Å². The van der Waals surface area contributed by atoms with E-state index < -0.39 is 0 Å². The van der Waals surface area contributed by atoms with Crippen LogP contribution < -0.4 is 11.5 Å². The van der Waals surface area contributed by atoms with Gasteiger partial charge < -0.3 is 15.9 Å². The summed E-state index contributed by atoms with van der Waals surface area (Å²) in [5, 5.41) is 15.8. The number of hydrogen-bond donors (Lipinski definition) is 4. The SMILES string of the molecule is C/C=C\N.N=C(N)CSc1n[nH]c(-c2ccc(-c3ccc4ncccc4c3)o2)n1. The summed E-state index contributed by atoms with van der Waals surface area (Å²) in [6.45, 7) is 1.88. The zero-order valence-corrected chi connectivity index (χ0v) is 16.6. The summed E-state index contributed by atoms with van der Waals surface area (Å²) in [6, 6.07) is 13.7. The Morgan fingerprint density at radius 3 is 2.79 bits per heavy atom. The van der Waals surface area contributed by atoms with Crippen LogP contribution in [0, 0.1) is 5.41 Å². The number of benzene rings is 1. The molecule has 4 aromatic rings. The standard InChI is InChI=1S/C17H14N6OS.C3H7N/c18-15(19)9-25-17-21-16(22-23-17)14-6-5-13(24-14)11-3-4-12-10(8-11)2-1-7-20-12;1-2-3-4/h1-8H,9H2,(H3,18,19)(H,21,22,23);2-3H,4H2,1H3/b;3-2-. The number of nitrogens with two attached hydrogens (primary N) is 2. The number of rotatable bonds is 5. The lowest BCUT2D eigenvalue weighted by Crippen LogP contribution is -2.12. The molecule has 0 spiro atoms. The van der Waals surface area contributed by atoms with E-state index in [2.05, 4.69) is 20.2 Å². The summed E-state index contributed by atoms with van der Waals surface area (Å²) in [4.78, 5) is 8.67. The average molecular weight is 408 g/mol. The molecule has 0 saturated carbocycles. The summed E-state index contributed by atoms with van der Waals surface area (Å²) in [5.74, 6) is 2.33. The molecule has 8 nitrogen and oxygen atoms in total. The van der Waals surface area contributed by atoms with Gasteiger partial charge in [0.1, 0.15) is 11.6 Å². The van der Waals surface area contributed by atoms with Crippen LogP contribution in [-0.2, 0) is 0 Å². The van der Waals surface area contributed by atoms with E-state index in [9.17, 15) is 0 Å². The molecule has 0 bridgehead atoms. The normalized spacial score (nSPS) is 10.8. The van der Waals surface area contributed by atoms with Crippen LogP contribution in [0.4, 0.5) is 0 Å². The first-order chi connectivity index (χ1) is 14.1. The first-order valence-electron chi connectivity index (χ1n) is 8.77. The highest BCUT2D eigenvalue weighted by atomic mass is 32.2. The first kappa shape index (κ1) is 20.2. The number of aromatic nitrogens is 4. The average Bonchev–Trinajstić information content (AvgIpc) is 3.41. The van der Waals surface area contributed by atoms with Crippen LogP contribution >= 0.6 is 11.8 Å². The molecule has 6 N–H and O–H groups in total. The Morgan fingerprint density at radius 2 is 2.03 bits per heavy atom. The molecule has 0 aliphatic rings. The molecule has 0 amide bonds. The van der Waals surface area contributed by atoms with E-state index in [4.69, 9.17) is 21.3 Å². The molecule has 0 radical (unpaired) electrons. The highest BCUT2D eigenvalue weighted by Crippen LogP contribution is 2.29. The van der Waals surface area contributed by atoms with Crippen molar-refractivity contribution >= 4 is 28.5 Å². The third-order valence-electron chi connectivity index (χ3n) is 3.74. The van der Waals surface area contributed by atoms with Crippen LogP contribution in [0.3, 0.4) is 0 Å². The summed E-state index contributed by atoms with van der Waals surface area (Å²) in [5.41, 5.74) is 12.1. The van der Waals surface area contributed by atoms with Crippen molar-refractivity contribution in [2.75, 3.05) is 5.75 Å². The van der Waals surface area contributed by atoms with Crippen molar-refractivity contribution in [1.82, 2.24) is 20.2 Å². The van der Waals surface area contributed by atoms with E-state index in [1.807, 2.05) is 49.4 Å². The summed E-state index contributed by atoms with van der Waals surface area (Å²) in [6.07, 6.45) is 5.05. The number of hydrogen-bond acceptors (Lipinski definition) is 7. The lowest BCUT2D eigenvalue weighted by Gasteiger charge is -2.00. The predicted octanol–water partition coefficient (Wildman–Crippen LogP) is 3.79. The van der Waals surface area contributed by atoms with Gasteiger partial charge in [-0.05, 0) is 49.5 Å². The molecule has 4 rings (SSSR count).